The van der Waals surface area contributed by atoms with Crippen LogP contribution in [0.5, 0.6) is 0 Å². The lowest BCUT2D eigenvalue weighted by atomic mass is 9.72. The Morgan fingerprint density at radius 2 is 1.56 bits per heavy atom. The molecule has 4 aromatic rings. The molecule has 8 rings (SSSR count). The van der Waals surface area contributed by atoms with E-state index in [1.54, 1.807) is 5.56 Å². The number of likely N-dealkylation sites (tertiary alicyclic amines) is 1. The standard InChI is InChI=1S/C37H43N3O/c1-39-24-25(19-33-32-13-8-14-34-36(32)28(23-38-34)20-35(33)39)17-18-40-29-15-16-30(40)22-31(21-29)41-37(26-9-4-2-5-10-26)27-11-6-3-7-12-27/h2-14,23,25,29-31,33,35,37-38H,15-22,24H2,1H3/t25-,29-,30+,31+,33-,35-/m1/s1. The lowest BCUT2D eigenvalue weighted by Gasteiger charge is -2.46. The van der Waals surface area contributed by atoms with Gasteiger partial charge in [-0.05, 0) is 92.8 Å². The number of nitrogens with zero attached hydrogens (tertiary/aromatic N) is 2. The number of rotatable bonds is 7. The minimum atomic E-state index is 0.0135. The van der Waals surface area contributed by atoms with Gasteiger partial charge in [0.15, 0.2) is 0 Å². The zero-order valence-electron chi connectivity index (χ0n) is 24.3. The summed E-state index contributed by atoms with van der Waals surface area (Å²) in [4.78, 5) is 9.12. The first-order valence-corrected chi connectivity index (χ1v) is 16.0. The molecule has 0 unspecified atom stereocenters. The average Bonchev–Trinajstić information content (AvgIpc) is 3.53. The molecule has 0 spiro atoms. The number of H-pyrrole nitrogens is 1. The maximum absolute atomic E-state index is 6.97. The number of likely N-dealkylation sites (N-methyl/N-ethyl adjacent to an activating group) is 1. The molecule has 3 aromatic carbocycles. The summed E-state index contributed by atoms with van der Waals surface area (Å²) in [6.07, 6.45) is 11.4. The summed E-state index contributed by atoms with van der Waals surface area (Å²) in [5.41, 5.74) is 6.96. The fraction of sp³-hybridized carbons (Fsp3) is 0.459. The van der Waals surface area contributed by atoms with Crippen molar-refractivity contribution in [3.05, 3.63) is 107 Å². The van der Waals surface area contributed by atoms with Gasteiger partial charge in [0.2, 0.25) is 0 Å². The molecule has 2 bridgehead atoms. The Morgan fingerprint density at radius 3 is 2.27 bits per heavy atom. The highest BCUT2D eigenvalue weighted by molar-refractivity contribution is 5.88. The molecule has 6 atom stereocenters. The molecule has 0 radical (unpaired) electrons. The van der Waals surface area contributed by atoms with Crippen molar-refractivity contribution in [2.75, 3.05) is 20.1 Å². The number of benzene rings is 3. The van der Waals surface area contributed by atoms with E-state index in [9.17, 15) is 0 Å². The van der Waals surface area contributed by atoms with E-state index in [1.165, 1.54) is 85.6 Å². The molecule has 3 aliphatic heterocycles. The number of piperidine rings is 2. The molecule has 4 aliphatic rings. The number of aromatic nitrogens is 1. The van der Waals surface area contributed by atoms with Crippen molar-refractivity contribution in [2.24, 2.45) is 5.92 Å². The molecule has 0 amide bonds. The van der Waals surface area contributed by atoms with Crippen LogP contribution in [-0.2, 0) is 11.2 Å². The zero-order valence-corrected chi connectivity index (χ0v) is 24.3. The molecule has 0 saturated carbocycles. The normalized spacial score (nSPS) is 29.7. The molecule has 3 saturated heterocycles. The van der Waals surface area contributed by atoms with Gasteiger partial charge in [-0.2, -0.15) is 0 Å². The van der Waals surface area contributed by atoms with E-state index >= 15 is 0 Å². The molecule has 1 aliphatic carbocycles. The number of aromatic amines is 1. The molecule has 4 nitrogen and oxygen atoms in total. The third-order valence-electron chi connectivity index (χ3n) is 11.0. The van der Waals surface area contributed by atoms with Gasteiger partial charge < -0.3 is 14.6 Å². The van der Waals surface area contributed by atoms with Crippen molar-refractivity contribution >= 4 is 10.9 Å². The van der Waals surface area contributed by atoms with Gasteiger partial charge in [0.1, 0.15) is 6.10 Å². The van der Waals surface area contributed by atoms with Crippen molar-refractivity contribution in [1.82, 2.24) is 14.8 Å². The highest BCUT2D eigenvalue weighted by Gasteiger charge is 2.43. The minimum absolute atomic E-state index is 0.0135. The topological polar surface area (TPSA) is 31.5 Å². The van der Waals surface area contributed by atoms with Crippen LogP contribution < -0.4 is 0 Å². The van der Waals surface area contributed by atoms with Gasteiger partial charge in [0.25, 0.3) is 0 Å². The monoisotopic (exact) mass is 545 g/mol. The SMILES string of the molecule is CN1C[C@H](CCN2[C@@H]3CC[C@H]2C[C@@H](OC(c2ccccc2)c2ccccc2)C3)C[C@@H]2c3cccc4[nH]cc(c34)C[C@H]21. The van der Waals surface area contributed by atoms with Gasteiger partial charge in [-0.1, -0.05) is 72.8 Å². The van der Waals surface area contributed by atoms with Crippen molar-refractivity contribution in [3.63, 3.8) is 0 Å². The second-order valence-electron chi connectivity index (χ2n) is 13.3. The quantitative estimate of drug-likeness (QED) is 0.264. The molecular weight excluding hydrogens is 502 g/mol. The summed E-state index contributed by atoms with van der Waals surface area (Å²) in [6, 6.07) is 30.5. The summed E-state index contributed by atoms with van der Waals surface area (Å²) in [5, 5.41) is 1.52. The van der Waals surface area contributed by atoms with Crippen LogP contribution in [0.1, 0.15) is 72.8 Å². The average molecular weight is 546 g/mol. The van der Waals surface area contributed by atoms with Gasteiger partial charge in [-0.3, -0.25) is 4.90 Å². The van der Waals surface area contributed by atoms with Crippen LogP contribution in [0, 0.1) is 5.92 Å². The van der Waals surface area contributed by atoms with E-state index in [-0.39, 0.29) is 6.10 Å². The van der Waals surface area contributed by atoms with Crippen molar-refractivity contribution < 1.29 is 4.74 Å². The van der Waals surface area contributed by atoms with E-state index in [2.05, 4.69) is 107 Å². The molecule has 4 heteroatoms. The van der Waals surface area contributed by atoms with Crippen LogP contribution in [0.3, 0.4) is 0 Å². The molecular formula is C37H43N3O. The summed E-state index contributed by atoms with van der Waals surface area (Å²) < 4.78 is 6.97. The number of fused-ring (bicyclic) bond motifs is 4. The van der Waals surface area contributed by atoms with E-state index in [4.69, 9.17) is 4.74 Å². The molecule has 1 aromatic heterocycles. The van der Waals surface area contributed by atoms with Crippen LogP contribution in [-0.4, -0.2) is 59.2 Å². The molecule has 41 heavy (non-hydrogen) atoms. The predicted octanol–water partition coefficient (Wildman–Crippen LogP) is 7.32. The Hall–Kier alpha value is -2.92. The lowest BCUT2D eigenvalue weighted by molar-refractivity contribution is -0.0497. The summed E-state index contributed by atoms with van der Waals surface area (Å²) in [6.45, 7) is 2.49. The first-order chi connectivity index (χ1) is 20.2. The smallest absolute Gasteiger partial charge is 0.108 e. The van der Waals surface area contributed by atoms with Crippen molar-refractivity contribution in [1.29, 1.82) is 0 Å². The summed E-state index contributed by atoms with van der Waals surface area (Å²) in [5.74, 6) is 1.43. The second-order valence-corrected chi connectivity index (χ2v) is 13.3. The number of hydrogen-bond acceptors (Lipinski definition) is 3. The Bertz CT molecular complexity index is 1430. The van der Waals surface area contributed by atoms with Crippen LogP contribution in [0.4, 0.5) is 0 Å². The molecule has 1 N–H and O–H groups in total. The van der Waals surface area contributed by atoms with Crippen LogP contribution in [0.15, 0.2) is 85.1 Å². The Balaban J connectivity index is 0.932. The number of hydrogen-bond donors (Lipinski definition) is 1. The highest BCUT2D eigenvalue weighted by Crippen LogP contribution is 2.46. The Labute approximate surface area is 244 Å². The number of ether oxygens (including phenoxy) is 1. The van der Waals surface area contributed by atoms with Gasteiger partial charge in [-0.25, -0.2) is 0 Å². The third kappa shape index (κ3) is 4.74. The van der Waals surface area contributed by atoms with E-state index in [0.717, 1.165) is 5.92 Å². The number of nitrogens with one attached hydrogen (secondary N) is 1. The first kappa shape index (κ1) is 25.8. The highest BCUT2D eigenvalue weighted by atomic mass is 16.5. The van der Waals surface area contributed by atoms with Gasteiger partial charge >= 0.3 is 0 Å². The lowest BCUT2D eigenvalue weighted by Crippen LogP contribution is -2.49. The first-order valence-electron chi connectivity index (χ1n) is 16.0. The molecule has 4 heterocycles. The molecule has 212 valence electrons. The Morgan fingerprint density at radius 1 is 0.854 bits per heavy atom. The van der Waals surface area contributed by atoms with Crippen molar-refractivity contribution in [3.8, 4) is 0 Å². The maximum atomic E-state index is 6.97. The largest absolute Gasteiger partial charge is 0.365 e. The fourth-order valence-electron chi connectivity index (χ4n) is 9.09. The van der Waals surface area contributed by atoms with Crippen LogP contribution in [0.25, 0.3) is 10.9 Å². The maximum Gasteiger partial charge on any atom is 0.108 e. The van der Waals surface area contributed by atoms with E-state index < -0.39 is 0 Å². The van der Waals surface area contributed by atoms with Gasteiger partial charge in [-0.15, -0.1) is 0 Å². The van der Waals surface area contributed by atoms with E-state index in [1.807, 2.05) is 0 Å². The second kappa shape index (κ2) is 10.7. The van der Waals surface area contributed by atoms with Crippen molar-refractivity contribution in [2.45, 2.75) is 81.2 Å². The fourth-order valence-corrected chi connectivity index (χ4v) is 9.09. The third-order valence-corrected chi connectivity index (χ3v) is 11.0. The van der Waals surface area contributed by atoms with Gasteiger partial charge in [0.05, 0.1) is 6.10 Å². The summed E-state index contributed by atoms with van der Waals surface area (Å²) >= 11 is 0. The predicted molar refractivity (Wildman–Crippen MR) is 166 cm³/mol. The van der Waals surface area contributed by atoms with E-state index in [0.29, 0.717) is 30.1 Å². The van der Waals surface area contributed by atoms with Gasteiger partial charge in [0, 0.05) is 47.7 Å². The minimum Gasteiger partial charge on any atom is -0.365 e. The van der Waals surface area contributed by atoms with Crippen LogP contribution in [0.2, 0.25) is 0 Å². The summed E-state index contributed by atoms with van der Waals surface area (Å²) in [7, 11) is 2.38. The van der Waals surface area contributed by atoms with Crippen LogP contribution >= 0.6 is 0 Å². The zero-order chi connectivity index (χ0) is 27.3. The Kier molecular flexibility index (Phi) is 6.74. The molecule has 3 fully saturated rings.